The van der Waals surface area contributed by atoms with Crippen molar-refractivity contribution in [2.24, 2.45) is 0 Å². The molecular weight excluding hydrogens is 302 g/mol. The highest BCUT2D eigenvalue weighted by atomic mass is 16.6. The maximum atomic E-state index is 12.5. The van der Waals surface area contributed by atoms with Gasteiger partial charge in [-0.1, -0.05) is 18.2 Å². The average Bonchev–Trinajstić information content (AvgIpc) is 2.97. The zero-order valence-electron chi connectivity index (χ0n) is 15.4. The van der Waals surface area contributed by atoms with Crippen molar-refractivity contribution in [2.45, 2.75) is 59.7 Å². The molecule has 0 aliphatic heterocycles. The second-order valence-electron chi connectivity index (χ2n) is 7.28. The largest absolute Gasteiger partial charge is 0.444 e. The molecule has 5 nitrogen and oxygen atoms in total. The number of nitrogens with one attached hydrogen (secondary N) is 1. The summed E-state index contributed by atoms with van der Waals surface area (Å²) < 4.78 is 5.55. The van der Waals surface area contributed by atoms with E-state index in [9.17, 15) is 4.79 Å². The topological polar surface area (TPSA) is 58.2 Å². The van der Waals surface area contributed by atoms with Crippen LogP contribution in [-0.4, -0.2) is 32.8 Å². The van der Waals surface area contributed by atoms with E-state index in [0.717, 1.165) is 22.3 Å². The molecule has 1 heterocycles. The molecule has 0 bridgehead atoms. The van der Waals surface area contributed by atoms with Crippen molar-refractivity contribution in [1.82, 2.24) is 15.1 Å². The molecule has 1 N–H and O–H groups in total. The molecule has 0 saturated heterocycles. The fraction of sp³-hybridized carbons (Fsp3) is 0.474. The van der Waals surface area contributed by atoms with Gasteiger partial charge in [0.15, 0.2) is 0 Å². The first-order chi connectivity index (χ1) is 11.2. The van der Waals surface area contributed by atoms with E-state index in [4.69, 9.17) is 4.74 Å². The smallest absolute Gasteiger partial charge is 0.410 e. The van der Waals surface area contributed by atoms with Crippen molar-refractivity contribution in [2.75, 3.05) is 0 Å². The normalized spacial score (nSPS) is 11.6. The van der Waals surface area contributed by atoms with Crippen molar-refractivity contribution < 1.29 is 9.53 Å². The molecule has 0 unspecified atom stereocenters. The second kappa shape index (κ2) is 7.07. The van der Waals surface area contributed by atoms with Crippen LogP contribution in [0.4, 0.5) is 4.79 Å². The van der Waals surface area contributed by atoms with Gasteiger partial charge in [-0.3, -0.25) is 5.10 Å². The number of nitrogens with zero attached hydrogens (tertiary/aromatic N) is 2. The lowest BCUT2D eigenvalue weighted by Crippen LogP contribution is -2.40. The Hall–Kier alpha value is -2.30. The number of rotatable bonds is 4. The third-order valence-electron chi connectivity index (χ3n) is 3.85. The molecule has 1 aromatic heterocycles. The van der Waals surface area contributed by atoms with Crippen LogP contribution in [0, 0.1) is 6.92 Å². The number of benzene rings is 1. The molecule has 1 amide bonds. The molecule has 0 atom stereocenters. The summed E-state index contributed by atoms with van der Waals surface area (Å²) in [5, 5.41) is 6.86. The van der Waals surface area contributed by atoms with Crippen LogP contribution in [0.1, 0.15) is 45.7 Å². The van der Waals surface area contributed by atoms with Gasteiger partial charge in [0.2, 0.25) is 0 Å². The van der Waals surface area contributed by atoms with Crippen molar-refractivity contribution in [3.8, 4) is 11.1 Å². The van der Waals surface area contributed by atoms with E-state index in [1.54, 1.807) is 11.1 Å². The number of carbonyl (C=O) groups excluding carboxylic acids is 1. The Labute approximate surface area is 144 Å². The zero-order chi connectivity index (χ0) is 17.9. The lowest BCUT2D eigenvalue weighted by molar-refractivity contribution is 0.0171. The summed E-state index contributed by atoms with van der Waals surface area (Å²) >= 11 is 0. The van der Waals surface area contributed by atoms with Crippen LogP contribution in [0.5, 0.6) is 0 Å². The molecule has 130 valence electrons. The summed E-state index contributed by atoms with van der Waals surface area (Å²) in [6.45, 7) is 12.2. The highest BCUT2D eigenvalue weighted by molar-refractivity contribution is 5.70. The van der Waals surface area contributed by atoms with E-state index < -0.39 is 5.60 Å². The second-order valence-corrected chi connectivity index (χ2v) is 7.28. The number of H-pyrrole nitrogens is 1. The van der Waals surface area contributed by atoms with Gasteiger partial charge in [0.05, 0.1) is 6.20 Å². The summed E-state index contributed by atoms with van der Waals surface area (Å²) in [4.78, 5) is 14.3. The van der Waals surface area contributed by atoms with E-state index in [1.165, 1.54) is 0 Å². The SMILES string of the molecule is Cc1c(CN(C(=O)OC(C)(C)C)C(C)C)cccc1-c1cn[nH]c1. The Bertz CT molecular complexity index is 685. The molecule has 1 aromatic carbocycles. The van der Waals surface area contributed by atoms with E-state index in [2.05, 4.69) is 29.3 Å². The number of hydrogen-bond acceptors (Lipinski definition) is 3. The molecule has 0 saturated carbocycles. The Kier molecular flexibility index (Phi) is 5.32. The fourth-order valence-electron chi connectivity index (χ4n) is 2.53. The third kappa shape index (κ3) is 4.37. The van der Waals surface area contributed by atoms with E-state index >= 15 is 0 Å². The average molecular weight is 329 g/mol. The van der Waals surface area contributed by atoms with Crippen LogP contribution in [0.15, 0.2) is 30.6 Å². The highest BCUT2D eigenvalue weighted by Gasteiger charge is 2.25. The van der Waals surface area contributed by atoms with Gasteiger partial charge in [0.1, 0.15) is 5.60 Å². The van der Waals surface area contributed by atoms with Gasteiger partial charge in [-0.05, 0) is 58.2 Å². The highest BCUT2D eigenvalue weighted by Crippen LogP contribution is 2.26. The summed E-state index contributed by atoms with van der Waals surface area (Å²) in [5.41, 5.74) is 3.91. The van der Waals surface area contributed by atoms with Crippen LogP contribution in [0.2, 0.25) is 0 Å². The molecule has 0 fully saturated rings. The third-order valence-corrected chi connectivity index (χ3v) is 3.85. The fourth-order valence-corrected chi connectivity index (χ4v) is 2.53. The molecule has 5 heteroatoms. The Morgan fingerprint density at radius 1 is 1.33 bits per heavy atom. The molecule has 0 aliphatic carbocycles. The van der Waals surface area contributed by atoms with Crippen molar-refractivity contribution in [3.05, 3.63) is 41.7 Å². The van der Waals surface area contributed by atoms with Crippen molar-refractivity contribution in [3.63, 3.8) is 0 Å². The minimum absolute atomic E-state index is 0.0526. The summed E-state index contributed by atoms with van der Waals surface area (Å²) in [6, 6.07) is 6.19. The van der Waals surface area contributed by atoms with Crippen LogP contribution in [0.3, 0.4) is 0 Å². The molecule has 24 heavy (non-hydrogen) atoms. The maximum Gasteiger partial charge on any atom is 0.410 e. The number of ether oxygens (including phenoxy) is 1. The lowest BCUT2D eigenvalue weighted by Gasteiger charge is -2.30. The van der Waals surface area contributed by atoms with Gasteiger partial charge in [-0.15, -0.1) is 0 Å². The molecule has 2 rings (SSSR count). The monoisotopic (exact) mass is 329 g/mol. The van der Waals surface area contributed by atoms with Gasteiger partial charge in [-0.25, -0.2) is 4.79 Å². The Morgan fingerprint density at radius 3 is 2.58 bits per heavy atom. The van der Waals surface area contributed by atoms with E-state index in [-0.39, 0.29) is 12.1 Å². The lowest BCUT2D eigenvalue weighted by atomic mass is 9.98. The van der Waals surface area contributed by atoms with Crippen molar-refractivity contribution >= 4 is 6.09 Å². The Morgan fingerprint density at radius 2 is 2.04 bits per heavy atom. The molecule has 0 aliphatic rings. The number of aromatic nitrogens is 2. The van der Waals surface area contributed by atoms with Gasteiger partial charge in [-0.2, -0.15) is 5.10 Å². The summed E-state index contributed by atoms with van der Waals surface area (Å²) in [5.74, 6) is 0. The number of carbonyl (C=O) groups is 1. The summed E-state index contributed by atoms with van der Waals surface area (Å²) in [6.07, 6.45) is 3.39. The minimum Gasteiger partial charge on any atom is -0.444 e. The molecule has 0 radical (unpaired) electrons. The van der Waals surface area contributed by atoms with E-state index in [1.807, 2.05) is 46.9 Å². The standard InChI is InChI=1S/C19H27N3O2/c1-13(2)22(18(23)24-19(4,5)6)12-15-8-7-9-17(14(15)3)16-10-20-21-11-16/h7-11,13H,12H2,1-6H3,(H,20,21). The first-order valence-corrected chi connectivity index (χ1v) is 8.26. The molecule has 0 spiro atoms. The predicted octanol–water partition coefficient (Wildman–Crippen LogP) is 4.53. The zero-order valence-corrected chi connectivity index (χ0v) is 15.4. The number of aromatic amines is 1. The van der Waals surface area contributed by atoms with Gasteiger partial charge >= 0.3 is 6.09 Å². The minimum atomic E-state index is -0.502. The Balaban J connectivity index is 2.27. The van der Waals surface area contributed by atoms with Crippen LogP contribution < -0.4 is 0 Å². The van der Waals surface area contributed by atoms with E-state index in [0.29, 0.717) is 6.54 Å². The summed E-state index contributed by atoms with van der Waals surface area (Å²) in [7, 11) is 0. The first-order valence-electron chi connectivity index (χ1n) is 8.26. The first kappa shape index (κ1) is 18.0. The van der Waals surface area contributed by atoms with Gasteiger partial charge < -0.3 is 9.64 Å². The van der Waals surface area contributed by atoms with Crippen LogP contribution in [-0.2, 0) is 11.3 Å². The van der Waals surface area contributed by atoms with Crippen LogP contribution in [0.25, 0.3) is 11.1 Å². The van der Waals surface area contributed by atoms with Gasteiger partial charge in [0, 0.05) is 24.3 Å². The predicted molar refractivity (Wildman–Crippen MR) is 95.7 cm³/mol. The molecular formula is C19H27N3O2. The maximum absolute atomic E-state index is 12.5. The van der Waals surface area contributed by atoms with Gasteiger partial charge in [0.25, 0.3) is 0 Å². The molecule has 2 aromatic rings. The number of amides is 1. The quantitative estimate of drug-likeness (QED) is 0.896. The van der Waals surface area contributed by atoms with Crippen molar-refractivity contribution in [1.29, 1.82) is 0 Å². The number of hydrogen-bond donors (Lipinski definition) is 1. The van der Waals surface area contributed by atoms with Crippen LogP contribution >= 0.6 is 0 Å².